The number of pyridine rings is 1. The normalized spacial score (nSPS) is 9.08. The van der Waals surface area contributed by atoms with E-state index in [1.54, 1.807) is 0 Å². The maximum absolute atomic E-state index is 11.0. The first-order valence-electron chi connectivity index (χ1n) is 3.55. The second-order valence-corrected chi connectivity index (χ2v) is 2.17. The Morgan fingerprint density at radius 2 is 2.38 bits per heavy atom. The van der Waals surface area contributed by atoms with Crippen molar-refractivity contribution in [2.45, 2.75) is 0 Å². The van der Waals surface area contributed by atoms with Crippen molar-refractivity contribution in [1.82, 2.24) is 4.98 Å². The third-order valence-corrected chi connectivity index (χ3v) is 1.37. The quantitative estimate of drug-likeness (QED) is 0.503. The van der Waals surface area contributed by atoms with Gasteiger partial charge in [0.25, 0.3) is 0 Å². The molecule has 1 heterocycles. The van der Waals surface area contributed by atoms with Crippen LogP contribution in [0.5, 0.6) is 5.75 Å². The fraction of sp³-hybridized carbons (Fsp3) is 0.143. The van der Waals surface area contributed by atoms with Gasteiger partial charge >= 0.3 is 13.7 Å². The van der Waals surface area contributed by atoms with Crippen LogP contribution in [0.4, 0.5) is 0 Å². The second kappa shape index (κ2) is 4.47. The summed E-state index contributed by atoms with van der Waals surface area (Å²) in [6, 6.07) is 1.44. The molecule has 0 amide bonds. The van der Waals surface area contributed by atoms with Gasteiger partial charge in [-0.3, -0.25) is 4.98 Å². The van der Waals surface area contributed by atoms with Gasteiger partial charge in [0.1, 0.15) is 5.75 Å². The molecule has 0 aliphatic rings. The van der Waals surface area contributed by atoms with Gasteiger partial charge in [-0.1, -0.05) is 0 Å². The molecule has 0 aromatic carbocycles. The lowest BCUT2D eigenvalue weighted by Gasteiger charge is -2.02. The summed E-state index contributed by atoms with van der Waals surface area (Å²) < 4.78 is 9.20. The smallest absolute Gasteiger partial charge is 0.504 e. The van der Waals surface area contributed by atoms with Gasteiger partial charge in [0.2, 0.25) is 0 Å². The number of hydrogen-bond acceptors (Lipinski definition) is 5. The molecule has 0 spiro atoms. The van der Waals surface area contributed by atoms with E-state index in [0.29, 0.717) is 5.75 Å². The second-order valence-electron chi connectivity index (χ2n) is 2.17. The van der Waals surface area contributed by atoms with E-state index in [-0.39, 0.29) is 5.56 Å². The molecule has 5 nitrogen and oxygen atoms in total. The van der Waals surface area contributed by atoms with Crippen LogP contribution < -0.4 is 4.65 Å². The van der Waals surface area contributed by atoms with E-state index in [9.17, 15) is 4.79 Å². The number of methoxy groups -OCH3 is 1. The summed E-state index contributed by atoms with van der Waals surface area (Å²) in [5.74, 6) is -0.165. The molecule has 0 bridgehead atoms. The molecule has 1 aromatic heterocycles. The molecule has 0 radical (unpaired) electrons. The molecule has 1 rings (SSSR count). The molecule has 68 valence electrons. The Hall–Kier alpha value is -1.56. The fourth-order valence-corrected chi connectivity index (χ4v) is 0.802. The highest BCUT2D eigenvalue weighted by molar-refractivity contribution is 6.17. The van der Waals surface area contributed by atoms with Crippen LogP contribution in [-0.2, 0) is 4.74 Å². The standard InChI is InChI=1S/C7H8BNO4/c1-12-7(10)5-2-6(13-8-11)4-9-3-5/h2-4,8,11H,1H3. The summed E-state index contributed by atoms with van der Waals surface area (Å²) in [5.41, 5.74) is 0.286. The van der Waals surface area contributed by atoms with Crippen molar-refractivity contribution in [3.63, 3.8) is 0 Å². The molecule has 13 heavy (non-hydrogen) atoms. The van der Waals surface area contributed by atoms with Crippen LogP contribution >= 0.6 is 0 Å². The first-order valence-corrected chi connectivity index (χ1v) is 3.55. The Balaban J connectivity index is 2.85. The van der Waals surface area contributed by atoms with Gasteiger partial charge in [0.05, 0.1) is 18.9 Å². The zero-order valence-corrected chi connectivity index (χ0v) is 7.06. The van der Waals surface area contributed by atoms with Gasteiger partial charge in [-0.2, -0.15) is 0 Å². The van der Waals surface area contributed by atoms with Gasteiger partial charge in [0.15, 0.2) is 0 Å². The first-order chi connectivity index (χ1) is 6.27. The molecule has 0 aliphatic heterocycles. The Bertz CT molecular complexity index is 304. The van der Waals surface area contributed by atoms with Crippen molar-refractivity contribution < 1.29 is 19.2 Å². The highest BCUT2D eigenvalue weighted by Gasteiger charge is 2.06. The lowest BCUT2D eigenvalue weighted by molar-refractivity contribution is 0.0600. The summed E-state index contributed by atoms with van der Waals surface area (Å²) in [6.45, 7) is 0. The Labute approximate surface area is 75.6 Å². The topological polar surface area (TPSA) is 68.7 Å². The summed E-state index contributed by atoms with van der Waals surface area (Å²) in [5, 5.41) is 8.44. The predicted molar refractivity (Wildman–Crippen MR) is 45.6 cm³/mol. The molecule has 1 N–H and O–H groups in total. The van der Waals surface area contributed by atoms with Crippen LogP contribution in [0.2, 0.25) is 0 Å². The Morgan fingerprint density at radius 1 is 1.62 bits per heavy atom. The van der Waals surface area contributed by atoms with E-state index < -0.39 is 13.7 Å². The third-order valence-electron chi connectivity index (χ3n) is 1.37. The highest BCUT2D eigenvalue weighted by atomic mass is 16.5. The number of carbonyl (C=O) groups is 1. The Morgan fingerprint density at radius 3 is 3.00 bits per heavy atom. The number of nitrogens with zero attached hydrogens (tertiary/aromatic N) is 1. The van der Waals surface area contributed by atoms with Crippen molar-refractivity contribution in [3.05, 3.63) is 24.0 Å². The molecule has 0 saturated heterocycles. The van der Waals surface area contributed by atoms with E-state index in [4.69, 9.17) is 9.68 Å². The lowest BCUT2D eigenvalue weighted by atomic mass is 10.3. The molecule has 6 heteroatoms. The van der Waals surface area contributed by atoms with E-state index in [1.165, 1.54) is 25.6 Å². The molecule has 0 atom stereocenters. The van der Waals surface area contributed by atoms with Gasteiger partial charge in [-0.15, -0.1) is 0 Å². The minimum absolute atomic E-state index is 0.286. The van der Waals surface area contributed by atoms with Gasteiger partial charge in [-0.25, -0.2) is 4.79 Å². The summed E-state index contributed by atoms with van der Waals surface area (Å²) in [7, 11) is 0.828. The Kier molecular flexibility index (Phi) is 3.27. The predicted octanol–water partition coefficient (Wildman–Crippen LogP) is -0.494. The number of aromatic nitrogens is 1. The van der Waals surface area contributed by atoms with Crippen LogP contribution in [0.3, 0.4) is 0 Å². The molecular formula is C7H8BNO4. The molecule has 0 unspecified atom stereocenters. The highest BCUT2D eigenvalue weighted by Crippen LogP contribution is 2.10. The summed E-state index contributed by atoms with van der Waals surface area (Å²) in [4.78, 5) is 14.7. The van der Waals surface area contributed by atoms with Crippen molar-refractivity contribution in [2.75, 3.05) is 7.11 Å². The monoisotopic (exact) mass is 181 g/mol. The number of rotatable bonds is 3. The maximum atomic E-state index is 11.0. The van der Waals surface area contributed by atoms with Gasteiger partial charge in [0, 0.05) is 6.20 Å². The average molecular weight is 181 g/mol. The number of hydrogen-bond donors (Lipinski definition) is 1. The van der Waals surface area contributed by atoms with Gasteiger partial charge < -0.3 is 14.4 Å². The van der Waals surface area contributed by atoms with E-state index in [0.717, 1.165) is 0 Å². The SMILES string of the molecule is COC(=O)c1cncc(OBO)c1. The van der Waals surface area contributed by atoms with Crippen molar-refractivity contribution in [3.8, 4) is 5.75 Å². The molecule has 1 aromatic rings. The van der Waals surface area contributed by atoms with Crippen LogP contribution in [-0.4, -0.2) is 30.8 Å². The van der Waals surface area contributed by atoms with Crippen molar-refractivity contribution in [1.29, 1.82) is 0 Å². The van der Waals surface area contributed by atoms with Crippen LogP contribution in [0.25, 0.3) is 0 Å². The summed E-state index contributed by atoms with van der Waals surface area (Å²) >= 11 is 0. The first kappa shape index (κ1) is 9.53. The van der Waals surface area contributed by atoms with Gasteiger partial charge in [-0.05, 0) is 6.07 Å². The van der Waals surface area contributed by atoms with E-state index in [1.807, 2.05) is 0 Å². The molecular weight excluding hydrogens is 173 g/mol. The number of ether oxygens (including phenoxy) is 1. The van der Waals surface area contributed by atoms with E-state index in [2.05, 4.69) is 9.72 Å². The third kappa shape index (κ3) is 2.45. The van der Waals surface area contributed by atoms with Crippen molar-refractivity contribution >= 4 is 13.7 Å². The van der Waals surface area contributed by atoms with Crippen LogP contribution in [0.15, 0.2) is 18.5 Å². The van der Waals surface area contributed by atoms with Crippen molar-refractivity contribution in [2.24, 2.45) is 0 Å². The largest absolute Gasteiger partial charge is 0.538 e. The molecule has 0 aliphatic carbocycles. The number of esters is 1. The lowest BCUT2D eigenvalue weighted by Crippen LogP contribution is -2.04. The number of carbonyl (C=O) groups excluding carboxylic acids is 1. The minimum Gasteiger partial charge on any atom is -0.538 e. The molecule has 0 fully saturated rings. The zero-order valence-electron chi connectivity index (χ0n) is 7.06. The van der Waals surface area contributed by atoms with Crippen LogP contribution in [0, 0.1) is 0 Å². The maximum Gasteiger partial charge on any atom is 0.504 e. The summed E-state index contributed by atoms with van der Waals surface area (Å²) in [6.07, 6.45) is 2.75. The van der Waals surface area contributed by atoms with E-state index >= 15 is 0 Å². The average Bonchev–Trinajstić information content (AvgIpc) is 2.18. The fourth-order valence-electron chi connectivity index (χ4n) is 0.802. The zero-order chi connectivity index (χ0) is 9.68. The minimum atomic E-state index is -0.490. The molecule has 0 saturated carbocycles. The van der Waals surface area contributed by atoms with Crippen LogP contribution in [0.1, 0.15) is 10.4 Å².